The van der Waals surface area contributed by atoms with E-state index >= 15 is 0 Å². The summed E-state index contributed by atoms with van der Waals surface area (Å²) in [6.45, 7) is 5.45. The van der Waals surface area contributed by atoms with E-state index < -0.39 is 0 Å². The van der Waals surface area contributed by atoms with Crippen LogP contribution in [-0.2, 0) is 19.6 Å². The monoisotopic (exact) mass is 259 g/mol. The van der Waals surface area contributed by atoms with Gasteiger partial charge in [0.1, 0.15) is 5.82 Å². The Labute approximate surface area is 114 Å². The van der Waals surface area contributed by atoms with E-state index in [-0.39, 0.29) is 6.61 Å². The highest BCUT2D eigenvalue weighted by Crippen LogP contribution is 2.08. The molecule has 0 spiro atoms. The van der Waals surface area contributed by atoms with E-state index in [0.717, 1.165) is 25.5 Å². The number of aryl methyl sites for hydroxylation is 1. The van der Waals surface area contributed by atoms with Gasteiger partial charge in [0.05, 0.1) is 13.2 Å². The summed E-state index contributed by atoms with van der Waals surface area (Å²) in [4.78, 5) is 6.60. The number of rotatable bonds is 7. The highest BCUT2D eigenvalue weighted by Gasteiger charge is 2.10. The van der Waals surface area contributed by atoms with Gasteiger partial charge in [0.15, 0.2) is 0 Å². The summed E-state index contributed by atoms with van der Waals surface area (Å²) < 4.78 is 2.13. The van der Waals surface area contributed by atoms with E-state index in [1.165, 1.54) is 5.56 Å². The molecule has 0 fully saturated rings. The van der Waals surface area contributed by atoms with Gasteiger partial charge >= 0.3 is 0 Å². The Morgan fingerprint density at radius 3 is 2.68 bits per heavy atom. The third-order valence-corrected chi connectivity index (χ3v) is 3.17. The Balaban J connectivity index is 2.04. The summed E-state index contributed by atoms with van der Waals surface area (Å²) in [6.07, 6.45) is 3.83. The first-order chi connectivity index (χ1) is 9.33. The summed E-state index contributed by atoms with van der Waals surface area (Å²) in [5.74, 6) is 1.05. The Hall–Kier alpha value is -1.65. The van der Waals surface area contributed by atoms with Crippen LogP contribution in [0.2, 0.25) is 0 Å². The van der Waals surface area contributed by atoms with Crippen LogP contribution in [0.15, 0.2) is 42.7 Å². The van der Waals surface area contributed by atoms with E-state index in [1.54, 1.807) is 0 Å². The van der Waals surface area contributed by atoms with Crippen molar-refractivity contribution in [2.75, 3.05) is 13.2 Å². The molecule has 0 radical (unpaired) electrons. The first-order valence-corrected chi connectivity index (χ1v) is 6.70. The molecule has 0 aliphatic rings. The Kier molecular flexibility index (Phi) is 5.12. The van der Waals surface area contributed by atoms with Crippen molar-refractivity contribution in [1.82, 2.24) is 14.5 Å². The summed E-state index contributed by atoms with van der Waals surface area (Å²) in [6, 6.07) is 10.3. The molecule has 4 heteroatoms. The highest BCUT2D eigenvalue weighted by atomic mass is 16.3. The van der Waals surface area contributed by atoms with E-state index in [0.29, 0.717) is 6.54 Å². The lowest BCUT2D eigenvalue weighted by Crippen LogP contribution is -2.27. The average Bonchev–Trinajstić information content (AvgIpc) is 2.87. The van der Waals surface area contributed by atoms with Crippen molar-refractivity contribution in [2.24, 2.45) is 0 Å². The molecular weight excluding hydrogens is 238 g/mol. The van der Waals surface area contributed by atoms with Crippen LogP contribution in [0.4, 0.5) is 0 Å². The Morgan fingerprint density at radius 2 is 2.00 bits per heavy atom. The van der Waals surface area contributed by atoms with Gasteiger partial charge in [-0.2, -0.15) is 0 Å². The SMILES string of the molecule is CCn1ccnc1CN(CCO)Cc1ccccc1. The van der Waals surface area contributed by atoms with E-state index in [4.69, 9.17) is 0 Å². The number of imidazole rings is 1. The second-order valence-electron chi connectivity index (χ2n) is 4.55. The highest BCUT2D eigenvalue weighted by molar-refractivity contribution is 5.14. The maximum Gasteiger partial charge on any atom is 0.122 e. The second kappa shape index (κ2) is 7.07. The summed E-state index contributed by atoms with van der Waals surface area (Å²) in [5, 5.41) is 9.20. The number of hydrogen-bond donors (Lipinski definition) is 1. The third-order valence-electron chi connectivity index (χ3n) is 3.17. The van der Waals surface area contributed by atoms with Crippen molar-refractivity contribution >= 4 is 0 Å². The zero-order valence-electron chi connectivity index (χ0n) is 11.4. The fraction of sp³-hybridized carbons (Fsp3) is 0.400. The van der Waals surface area contributed by atoms with Crippen molar-refractivity contribution in [3.8, 4) is 0 Å². The minimum atomic E-state index is 0.166. The molecule has 1 aromatic heterocycles. The van der Waals surface area contributed by atoms with E-state index in [9.17, 15) is 5.11 Å². The molecule has 102 valence electrons. The predicted molar refractivity (Wildman–Crippen MR) is 75.5 cm³/mol. The van der Waals surface area contributed by atoms with Crippen LogP contribution in [0.3, 0.4) is 0 Å². The number of benzene rings is 1. The van der Waals surface area contributed by atoms with Crippen LogP contribution in [0, 0.1) is 0 Å². The van der Waals surface area contributed by atoms with Crippen LogP contribution in [-0.4, -0.2) is 32.7 Å². The Bertz CT molecular complexity index is 481. The van der Waals surface area contributed by atoms with Crippen molar-refractivity contribution in [2.45, 2.75) is 26.6 Å². The van der Waals surface area contributed by atoms with Crippen LogP contribution < -0.4 is 0 Å². The smallest absolute Gasteiger partial charge is 0.122 e. The van der Waals surface area contributed by atoms with Crippen LogP contribution >= 0.6 is 0 Å². The number of nitrogens with zero attached hydrogens (tertiary/aromatic N) is 3. The normalized spacial score (nSPS) is 11.1. The van der Waals surface area contributed by atoms with Gasteiger partial charge in [-0.05, 0) is 12.5 Å². The number of hydrogen-bond acceptors (Lipinski definition) is 3. The quantitative estimate of drug-likeness (QED) is 0.825. The summed E-state index contributed by atoms with van der Waals surface area (Å²) in [5.41, 5.74) is 1.26. The molecule has 0 amide bonds. The molecule has 0 unspecified atom stereocenters. The van der Waals surface area contributed by atoms with Crippen LogP contribution in [0.5, 0.6) is 0 Å². The molecular formula is C15H21N3O. The molecule has 0 atom stereocenters. The zero-order chi connectivity index (χ0) is 13.5. The van der Waals surface area contributed by atoms with Crippen LogP contribution in [0.25, 0.3) is 0 Å². The van der Waals surface area contributed by atoms with Crippen molar-refractivity contribution in [1.29, 1.82) is 0 Å². The number of aliphatic hydroxyl groups excluding tert-OH is 1. The third kappa shape index (κ3) is 3.91. The summed E-state index contributed by atoms with van der Waals surface area (Å²) in [7, 11) is 0. The largest absolute Gasteiger partial charge is 0.395 e. The minimum absolute atomic E-state index is 0.166. The minimum Gasteiger partial charge on any atom is -0.395 e. The van der Waals surface area contributed by atoms with Crippen LogP contribution in [0.1, 0.15) is 18.3 Å². The fourth-order valence-electron chi connectivity index (χ4n) is 2.18. The molecule has 1 aromatic carbocycles. The van der Waals surface area contributed by atoms with Gasteiger partial charge in [-0.15, -0.1) is 0 Å². The maximum atomic E-state index is 9.20. The van der Waals surface area contributed by atoms with Gasteiger partial charge in [-0.1, -0.05) is 30.3 Å². The molecule has 2 aromatic rings. The lowest BCUT2D eigenvalue weighted by molar-refractivity contribution is 0.179. The molecule has 1 N–H and O–H groups in total. The first kappa shape index (κ1) is 13.8. The maximum absolute atomic E-state index is 9.20. The predicted octanol–water partition coefficient (Wildman–Crippen LogP) is 1.90. The van der Waals surface area contributed by atoms with Gasteiger partial charge in [0, 0.05) is 32.0 Å². The van der Waals surface area contributed by atoms with Gasteiger partial charge in [0.2, 0.25) is 0 Å². The molecule has 0 bridgehead atoms. The average molecular weight is 259 g/mol. The first-order valence-electron chi connectivity index (χ1n) is 6.70. The molecule has 0 saturated carbocycles. The van der Waals surface area contributed by atoms with Crippen molar-refractivity contribution in [3.05, 3.63) is 54.1 Å². The van der Waals surface area contributed by atoms with Crippen molar-refractivity contribution < 1.29 is 5.11 Å². The molecule has 1 heterocycles. The molecule has 0 aliphatic carbocycles. The molecule has 19 heavy (non-hydrogen) atoms. The molecule has 0 aliphatic heterocycles. The Morgan fingerprint density at radius 1 is 1.21 bits per heavy atom. The molecule has 0 saturated heterocycles. The summed E-state index contributed by atoms with van der Waals surface area (Å²) >= 11 is 0. The molecule has 4 nitrogen and oxygen atoms in total. The lowest BCUT2D eigenvalue weighted by atomic mass is 10.2. The van der Waals surface area contributed by atoms with Gasteiger partial charge in [-0.3, -0.25) is 4.90 Å². The van der Waals surface area contributed by atoms with E-state index in [2.05, 4.69) is 33.5 Å². The zero-order valence-corrected chi connectivity index (χ0v) is 11.4. The second-order valence-corrected chi connectivity index (χ2v) is 4.55. The fourth-order valence-corrected chi connectivity index (χ4v) is 2.18. The topological polar surface area (TPSA) is 41.3 Å². The van der Waals surface area contributed by atoms with Gasteiger partial charge < -0.3 is 9.67 Å². The number of aliphatic hydroxyl groups is 1. The molecule has 2 rings (SSSR count). The van der Waals surface area contributed by atoms with E-state index in [1.807, 2.05) is 30.6 Å². The standard InChI is InChI=1S/C15H21N3O/c1-2-18-9-8-16-15(18)13-17(10-11-19)12-14-6-4-3-5-7-14/h3-9,19H,2,10-13H2,1H3. The van der Waals surface area contributed by atoms with Crippen molar-refractivity contribution in [3.63, 3.8) is 0 Å². The lowest BCUT2D eigenvalue weighted by Gasteiger charge is -2.21. The van der Waals surface area contributed by atoms with Gasteiger partial charge in [-0.25, -0.2) is 4.98 Å². The number of aromatic nitrogens is 2. The van der Waals surface area contributed by atoms with Gasteiger partial charge in [0.25, 0.3) is 0 Å².